The largest absolute Gasteiger partial charge is 0.483 e. The number of non-ortho nitro benzene ring substituents is 1. The Balaban J connectivity index is 1.66. The van der Waals surface area contributed by atoms with Crippen molar-refractivity contribution in [3.05, 3.63) is 94.3 Å². The Hall–Kier alpha value is -4.27. The van der Waals surface area contributed by atoms with Crippen LogP contribution in [0.1, 0.15) is 10.4 Å². The van der Waals surface area contributed by atoms with Gasteiger partial charge in [0.1, 0.15) is 11.6 Å². The number of para-hydroxylation sites is 2. The van der Waals surface area contributed by atoms with Gasteiger partial charge >= 0.3 is 0 Å². The fourth-order valence-corrected chi connectivity index (χ4v) is 2.55. The van der Waals surface area contributed by atoms with Crippen LogP contribution in [0.2, 0.25) is 0 Å². The number of ether oxygens (including phenoxy) is 1. The Morgan fingerprint density at radius 1 is 0.967 bits per heavy atom. The molecule has 0 saturated heterocycles. The minimum Gasteiger partial charge on any atom is -0.483 e. The number of amides is 2. The number of benzene rings is 3. The molecule has 0 spiro atoms. The number of rotatable bonds is 7. The van der Waals surface area contributed by atoms with E-state index in [4.69, 9.17) is 4.74 Å². The minimum absolute atomic E-state index is 0.153. The van der Waals surface area contributed by atoms with Crippen LogP contribution in [-0.2, 0) is 4.79 Å². The first-order valence-corrected chi connectivity index (χ1v) is 8.76. The van der Waals surface area contributed by atoms with Crippen molar-refractivity contribution in [2.45, 2.75) is 0 Å². The molecule has 8 nitrogen and oxygen atoms in total. The number of nitrogens with zero attached hydrogens (tertiary/aromatic N) is 1. The highest BCUT2D eigenvalue weighted by Gasteiger charge is 2.16. The van der Waals surface area contributed by atoms with Gasteiger partial charge in [0, 0.05) is 17.8 Å². The second-order valence-corrected chi connectivity index (χ2v) is 6.07. The van der Waals surface area contributed by atoms with Crippen LogP contribution in [-0.4, -0.2) is 23.3 Å². The topological polar surface area (TPSA) is 111 Å². The maximum Gasteiger partial charge on any atom is 0.271 e. The molecule has 0 aliphatic carbocycles. The summed E-state index contributed by atoms with van der Waals surface area (Å²) in [6.07, 6.45) is 0. The molecule has 2 N–H and O–H groups in total. The van der Waals surface area contributed by atoms with E-state index in [1.54, 1.807) is 36.4 Å². The Morgan fingerprint density at radius 3 is 2.40 bits per heavy atom. The van der Waals surface area contributed by atoms with Crippen LogP contribution in [0.5, 0.6) is 5.75 Å². The van der Waals surface area contributed by atoms with Gasteiger partial charge in [0.05, 0.1) is 16.2 Å². The van der Waals surface area contributed by atoms with Crippen LogP contribution in [0.25, 0.3) is 0 Å². The Kier molecular flexibility index (Phi) is 6.33. The molecule has 0 radical (unpaired) electrons. The van der Waals surface area contributed by atoms with E-state index < -0.39 is 29.2 Å². The lowest BCUT2D eigenvalue weighted by Crippen LogP contribution is -2.22. The van der Waals surface area contributed by atoms with Crippen LogP contribution in [0.4, 0.5) is 21.5 Å². The van der Waals surface area contributed by atoms with Gasteiger partial charge in [-0.1, -0.05) is 30.3 Å². The van der Waals surface area contributed by atoms with Crippen molar-refractivity contribution in [1.82, 2.24) is 0 Å². The molecule has 30 heavy (non-hydrogen) atoms. The smallest absolute Gasteiger partial charge is 0.271 e. The lowest BCUT2D eigenvalue weighted by molar-refractivity contribution is -0.384. The highest BCUT2D eigenvalue weighted by molar-refractivity contribution is 6.06. The molecule has 152 valence electrons. The average molecular weight is 409 g/mol. The molecule has 3 aromatic rings. The number of nitro benzene ring substituents is 1. The van der Waals surface area contributed by atoms with Gasteiger partial charge in [0.15, 0.2) is 6.61 Å². The van der Waals surface area contributed by atoms with E-state index in [0.717, 1.165) is 18.2 Å². The molecule has 9 heteroatoms. The summed E-state index contributed by atoms with van der Waals surface area (Å²) in [6.45, 7) is -0.530. The van der Waals surface area contributed by atoms with Crippen LogP contribution in [0.3, 0.4) is 0 Å². The third-order valence-corrected chi connectivity index (χ3v) is 3.96. The molecule has 0 atom stereocenters. The maximum atomic E-state index is 13.8. The summed E-state index contributed by atoms with van der Waals surface area (Å²) in [4.78, 5) is 34.7. The fraction of sp³-hybridized carbons (Fsp3) is 0.0476. The van der Waals surface area contributed by atoms with Crippen molar-refractivity contribution in [2.24, 2.45) is 0 Å². The summed E-state index contributed by atoms with van der Waals surface area (Å²) in [5, 5.41) is 15.7. The molecular weight excluding hydrogens is 393 g/mol. The first-order chi connectivity index (χ1) is 14.4. The van der Waals surface area contributed by atoms with Gasteiger partial charge in [-0.3, -0.25) is 19.7 Å². The molecule has 0 aliphatic rings. The Morgan fingerprint density at radius 2 is 1.67 bits per heavy atom. The predicted octanol–water partition coefficient (Wildman–Crippen LogP) is 4.00. The number of hydrogen-bond acceptors (Lipinski definition) is 5. The summed E-state index contributed by atoms with van der Waals surface area (Å²) < 4.78 is 19.2. The number of halogens is 1. The molecule has 2 amide bonds. The van der Waals surface area contributed by atoms with Gasteiger partial charge in [-0.2, -0.15) is 0 Å². The molecule has 0 aromatic heterocycles. The highest BCUT2D eigenvalue weighted by Crippen LogP contribution is 2.22. The lowest BCUT2D eigenvalue weighted by Gasteiger charge is -2.12. The van der Waals surface area contributed by atoms with E-state index in [1.165, 1.54) is 12.1 Å². The van der Waals surface area contributed by atoms with Crippen molar-refractivity contribution in [3.63, 3.8) is 0 Å². The molecule has 0 bridgehead atoms. The zero-order chi connectivity index (χ0) is 21.5. The second kappa shape index (κ2) is 9.28. The molecule has 3 rings (SSSR count). The van der Waals surface area contributed by atoms with Gasteiger partial charge in [-0.25, -0.2) is 4.39 Å². The van der Waals surface area contributed by atoms with Crippen LogP contribution >= 0.6 is 0 Å². The predicted molar refractivity (Wildman–Crippen MR) is 108 cm³/mol. The number of anilines is 2. The summed E-state index contributed by atoms with van der Waals surface area (Å²) in [5.74, 6) is -1.84. The maximum absolute atomic E-state index is 13.8. The van der Waals surface area contributed by atoms with E-state index >= 15 is 0 Å². The van der Waals surface area contributed by atoms with Crippen molar-refractivity contribution in [1.29, 1.82) is 0 Å². The van der Waals surface area contributed by atoms with Crippen LogP contribution in [0, 0.1) is 15.9 Å². The van der Waals surface area contributed by atoms with Gasteiger partial charge < -0.3 is 15.4 Å². The van der Waals surface area contributed by atoms with Gasteiger partial charge in [-0.15, -0.1) is 0 Å². The van der Waals surface area contributed by atoms with Gasteiger partial charge in [0.25, 0.3) is 17.5 Å². The van der Waals surface area contributed by atoms with Crippen molar-refractivity contribution in [2.75, 3.05) is 17.2 Å². The second-order valence-electron chi connectivity index (χ2n) is 6.07. The summed E-state index contributed by atoms with van der Waals surface area (Å²) >= 11 is 0. The zero-order valence-corrected chi connectivity index (χ0v) is 15.5. The normalized spacial score (nSPS) is 10.2. The zero-order valence-electron chi connectivity index (χ0n) is 15.5. The Labute approximate surface area is 170 Å². The van der Waals surface area contributed by atoms with Crippen molar-refractivity contribution in [3.8, 4) is 5.75 Å². The monoisotopic (exact) mass is 409 g/mol. The van der Waals surface area contributed by atoms with Gasteiger partial charge in [-0.05, 0) is 30.3 Å². The molecular formula is C21H16FN3O5. The molecule has 0 fully saturated rings. The SMILES string of the molecule is O=C(COc1ccccc1C(=O)Nc1ccccc1)Nc1cc([N+](=O)[O-])ccc1F. The van der Waals surface area contributed by atoms with E-state index in [-0.39, 0.29) is 22.7 Å². The average Bonchev–Trinajstić information content (AvgIpc) is 2.74. The van der Waals surface area contributed by atoms with Crippen LogP contribution < -0.4 is 15.4 Å². The molecule has 0 aliphatic heterocycles. The molecule has 3 aromatic carbocycles. The molecule has 0 heterocycles. The number of nitrogens with one attached hydrogen (secondary N) is 2. The first kappa shape index (κ1) is 20.5. The highest BCUT2D eigenvalue weighted by atomic mass is 19.1. The summed E-state index contributed by atoms with van der Waals surface area (Å²) in [7, 11) is 0. The number of carbonyl (C=O) groups excluding carboxylic acids is 2. The summed E-state index contributed by atoms with van der Waals surface area (Å²) in [6, 6.07) is 17.9. The number of nitro groups is 1. The van der Waals surface area contributed by atoms with E-state index in [1.807, 2.05) is 6.07 Å². The van der Waals surface area contributed by atoms with E-state index in [2.05, 4.69) is 10.6 Å². The fourth-order valence-electron chi connectivity index (χ4n) is 2.55. The van der Waals surface area contributed by atoms with Crippen LogP contribution in [0.15, 0.2) is 72.8 Å². The first-order valence-electron chi connectivity index (χ1n) is 8.76. The Bertz CT molecular complexity index is 1090. The van der Waals surface area contributed by atoms with Gasteiger partial charge in [0.2, 0.25) is 0 Å². The third-order valence-electron chi connectivity index (χ3n) is 3.96. The standard InChI is InChI=1S/C21H16FN3O5/c22-17-11-10-15(25(28)29)12-18(17)24-20(26)13-30-19-9-5-4-8-16(19)21(27)23-14-6-2-1-3-7-14/h1-12H,13H2,(H,23,27)(H,24,26). The molecule has 0 unspecified atom stereocenters. The number of carbonyl (C=O) groups is 2. The number of hydrogen-bond donors (Lipinski definition) is 2. The van der Waals surface area contributed by atoms with Crippen molar-refractivity contribution >= 4 is 28.9 Å². The summed E-state index contributed by atoms with van der Waals surface area (Å²) in [5.41, 5.74) is 0.0929. The van der Waals surface area contributed by atoms with E-state index in [0.29, 0.717) is 5.69 Å². The lowest BCUT2D eigenvalue weighted by atomic mass is 10.2. The van der Waals surface area contributed by atoms with E-state index in [9.17, 15) is 24.1 Å². The minimum atomic E-state index is -0.823. The quantitative estimate of drug-likeness (QED) is 0.453. The third kappa shape index (κ3) is 5.16. The molecule has 0 saturated carbocycles. The van der Waals surface area contributed by atoms with Crippen molar-refractivity contribution < 1.29 is 23.6 Å².